The fourth-order valence-electron chi connectivity index (χ4n) is 1.78. The topological polar surface area (TPSA) is 72.9 Å². The molecular weight excluding hydrogens is 299 g/mol. The van der Waals surface area contributed by atoms with Crippen molar-refractivity contribution < 1.29 is 4.79 Å². The second kappa shape index (κ2) is 6.15. The first-order valence-electron chi connectivity index (χ1n) is 5.99. The van der Waals surface area contributed by atoms with Crippen molar-refractivity contribution in [3.05, 3.63) is 40.4 Å². The van der Waals surface area contributed by atoms with E-state index in [2.05, 4.69) is 10.3 Å². The van der Waals surface area contributed by atoms with Gasteiger partial charge >= 0.3 is 0 Å². The van der Waals surface area contributed by atoms with Crippen LogP contribution in [0.15, 0.2) is 24.5 Å². The summed E-state index contributed by atoms with van der Waals surface area (Å²) in [7, 11) is 0. The molecule has 7 heteroatoms. The standard InChI is InChI=1S/C13H14Cl2N4O/c1-8-17-3-5-19(8)4-2-12(20)18-13-10(14)6-9(16)7-11(13)15/h3,5-7H,2,4,16H2,1H3,(H,18,20). The van der Waals surface area contributed by atoms with Crippen LogP contribution in [0.4, 0.5) is 11.4 Å². The van der Waals surface area contributed by atoms with Gasteiger partial charge in [0.05, 0.1) is 15.7 Å². The Kier molecular flexibility index (Phi) is 4.52. The lowest BCUT2D eigenvalue weighted by Gasteiger charge is -2.10. The van der Waals surface area contributed by atoms with Crippen molar-refractivity contribution in [3.8, 4) is 0 Å². The highest BCUT2D eigenvalue weighted by Gasteiger charge is 2.11. The van der Waals surface area contributed by atoms with Gasteiger partial charge < -0.3 is 15.6 Å². The van der Waals surface area contributed by atoms with Gasteiger partial charge in [-0.2, -0.15) is 0 Å². The second-order valence-electron chi connectivity index (χ2n) is 4.33. The van der Waals surface area contributed by atoms with Crippen LogP contribution >= 0.6 is 23.2 Å². The number of halogens is 2. The number of nitrogens with two attached hydrogens (primary N) is 1. The number of hydrogen-bond donors (Lipinski definition) is 2. The number of aromatic nitrogens is 2. The summed E-state index contributed by atoms with van der Waals surface area (Å²) >= 11 is 12.0. The molecule has 0 saturated carbocycles. The molecule has 0 spiro atoms. The van der Waals surface area contributed by atoms with Crippen molar-refractivity contribution in [3.63, 3.8) is 0 Å². The Balaban J connectivity index is 2.00. The van der Waals surface area contributed by atoms with Crippen molar-refractivity contribution in [1.82, 2.24) is 9.55 Å². The zero-order valence-electron chi connectivity index (χ0n) is 10.9. The van der Waals surface area contributed by atoms with Gasteiger partial charge in [0.15, 0.2) is 0 Å². The van der Waals surface area contributed by atoms with Gasteiger partial charge in [0.2, 0.25) is 5.91 Å². The first-order valence-corrected chi connectivity index (χ1v) is 6.75. The lowest BCUT2D eigenvalue weighted by atomic mass is 10.2. The Bertz CT molecular complexity index is 616. The van der Waals surface area contributed by atoms with E-state index < -0.39 is 0 Å². The molecule has 1 amide bonds. The summed E-state index contributed by atoms with van der Waals surface area (Å²) in [6, 6.07) is 3.09. The van der Waals surface area contributed by atoms with Crippen LogP contribution in [0.25, 0.3) is 0 Å². The highest BCUT2D eigenvalue weighted by Crippen LogP contribution is 2.32. The number of nitrogens with one attached hydrogen (secondary N) is 1. The van der Waals surface area contributed by atoms with E-state index in [9.17, 15) is 4.79 Å². The smallest absolute Gasteiger partial charge is 0.226 e. The van der Waals surface area contributed by atoms with E-state index in [-0.39, 0.29) is 5.91 Å². The predicted octanol–water partition coefficient (Wildman–Crippen LogP) is 3.11. The fourth-order valence-corrected chi connectivity index (χ4v) is 2.37. The van der Waals surface area contributed by atoms with Gasteiger partial charge in [-0.3, -0.25) is 4.79 Å². The average Bonchev–Trinajstić information content (AvgIpc) is 2.77. The molecule has 20 heavy (non-hydrogen) atoms. The molecule has 3 N–H and O–H groups in total. The third-order valence-electron chi connectivity index (χ3n) is 2.83. The minimum absolute atomic E-state index is 0.174. The van der Waals surface area contributed by atoms with Gasteiger partial charge in [-0.05, 0) is 19.1 Å². The number of anilines is 2. The summed E-state index contributed by atoms with van der Waals surface area (Å²) in [5, 5.41) is 3.34. The number of hydrogen-bond acceptors (Lipinski definition) is 3. The van der Waals surface area contributed by atoms with E-state index in [0.717, 1.165) is 5.82 Å². The lowest BCUT2D eigenvalue weighted by Crippen LogP contribution is -2.15. The summed E-state index contributed by atoms with van der Waals surface area (Å²) in [4.78, 5) is 16.0. The van der Waals surface area contributed by atoms with E-state index in [1.807, 2.05) is 17.7 Å². The van der Waals surface area contributed by atoms with Crippen LogP contribution in [-0.2, 0) is 11.3 Å². The number of amides is 1. The third kappa shape index (κ3) is 3.43. The molecule has 0 aliphatic heterocycles. The maximum absolute atomic E-state index is 11.9. The monoisotopic (exact) mass is 312 g/mol. The molecule has 2 rings (SSSR count). The Morgan fingerprint density at radius 3 is 2.60 bits per heavy atom. The quantitative estimate of drug-likeness (QED) is 0.852. The molecule has 1 heterocycles. The van der Waals surface area contributed by atoms with Crippen molar-refractivity contribution in [1.29, 1.82) is 0 Å². The lowest BCUT2D eigenvalue weighted by molar-refractivity contribution is -0.116. The van der Waals surface area contributed by atoms with Gasteiger partial charge in [0.25, 0.3) is 0 Å². The van der Waals surface area contributed by atoms with Crippen molar-refractivity contribution in [2.75, 3.05) is 11.1 Å². The normalized spacial score (nSPS) is 10.6. The average molecular weight is 313 g/mol. The van der Waals surface area contributed by atoms with E-state index in [0.29, 0.717) is 34.4 Å². The van der Waals surface area contributed by atoms with Crippen LogP contribution in [0.3, 0.4) is 0 Å². The minimum Gasteiger partial charge on any atom is -0.399 e. The second-order valence-corrected chi connectivity index (χ2v) is 5.14. The largest absolute Gasteiger partial charge is 0.399 e. The highest BCUT2D eigenvalue weighted by atomic mass is 35.5. The molecule has 2 aromatic rings. The molecule has 0 saturated heterocycles. The highest BCUT2D eigenvalue weighted by molar-refractivity contribution is 6.40. The van der Waals surface area contributed by atoms with Gasteiger partial charge in [0.1, 0.15) is 5.82 Å². The number of imidazole rings is 1. The Labute approximate surface area is 126 Å². The Morgan fingerprint density at radius 1 is 1.40 bits per heavy atom. The summed E-state index contributed by atoms with van der Waals surface area (Å²) in [6.07, 6.45) is 3.82. The van der Waals surface area contributed by atoms with Crippen LogP contribution in [0, 0.1) is 6.92 Å². The number of carbonyl (C=O) groups is 1. The minimum atomic E-state index is -0.174. The molecule has 0 aliphatic carbocycles. The first kappa shape index (κ1) is 14.7. The maximum Gasteiger partial charge on any atom is 0.226 e. The van der Waals surface area contributed by atoms with Gasteiger partial charge in [-0.15, -0.1) is 0 Å². The Morgan fingerprint density at radius 2 is 2.05 bits per heavy atom. The number of nitrogen functional groups attached to an aromatic ring is 1. The number of benzene rings is 1. The number of carbonyl (C=O) groups excluding carboxylic acids is 1. The van der Waals surface area contributed by atoms with E-state index >= 15 is 0 Å². The molecule has 0 bridgehead atoms. The Hall–Kier alpha value is -1.72. The number of rotatable bonds is 4. The molecule has 0 unspecified atom stereocenters. The first-order chi connectivity index (χ1) is 9.47. The maximum atomic E-state index is 11.9. The molecule has 5 nitrogen and oxygen atoms in total. The van der Waals surface area contributed by atoms with Crippen molar-refractivity contribution >= 4 is 40.5 Å². The molecule has 106 valence electrons. The zero-order chi connectivity index (χ0) is 14.7. The summed E-state index contributed by atoms with van der Waals surface area (Å²) in [5.41, 5.74) is 6.44. The van der Waals surface area contributed by atoms with Crippen LogP contribution < -0.4 is 11.1 Å². The van der Waals surface area contributed by atoms with Crippen molar-refractivity contribution in [2.45, 2.75) is 19.9 Å². The van der Waals surface area contributed by atoms with Crippen LogP contribution in [0.1, 0.15) is 12.2 Å². The summed E-state index contributed by atoms with van der Waals surface area (Å²) in [6.45, 7) is 2.42. The molecular formula is C13H14Cl2N4O. The molecule has 0 aliphatic rings. The molecule has 0 fully saturated rings. The molecule has 0 atom stereocenters. The molecule has 0 radical (unpaired) electrons. The fraction of sp³-hybridized carbons (Fsp3) is 0.231. The number of aryl methyl sites for hydroxylation is 2. The van der Waals surface area contributed by atoms with Gasteiger partial charge in [0, 0.05) is 31.0 Å². The molecule has 1 aromatic carbocycles. The van der Waals surface area contributed by atoms with Crippen molar-refractivity contribution in [2.24, 2.45) is 0 Å². The predicted molar refractivity (Wildman–Crippen MR) is 81.1 cm³/mol. The van der Waals surface area contributed by atoms with Crippen LogP contribution in [0.5, 0.6) is 0 Å². The summed E-state index contributed by atoms with van der Waals surface area (Å²) in [5.74, 6) is 0.688. The third-order valence-corrected chi connectivity index (χ3v) is 3.43. The van der Waals surface area contributed by atoms with E-state index in [4.69, 9.17) is 28.9 Å². The summed E-state index contributed by atoms with van der Waals surface area (Å²) < 4.78 is 1.89. The van der Waals surface area contributed by atoms with Crippen LogP contribution in [0.2, 0.25) is 10.0 Å². The zero-order valence-corrected chi connectivity index (χ0v) is 12.4. The number of nitrogens with zero attached hydrogens (tertiary/aromatic N) is 2. The SMILES string of the molecule is Cc1nccn1CCC(=O)Nc1c(Cl)cc(N)cc1Cl. The van der Waals surface area contributed by atoms with Gasteiger partial charge in [-0.25, -0.2) is 4.98 Å². The van der Waals surface area contributed by atoms with E-state index in [1.54, 1.807) is 18.3 Å². The van der Waals surface area contributed by atoms with Crippen LogP contribution in [-0.4, -0.2) is 15.5 Å². The van der Waals surface area contributed by atoms with Gasteiger partial charge in [-0.1, -0.05) is 23.2 Å². The van der Waals surface area contributed by atoms with E-state index in [1.165, 1.54) is 0 Å². The molecule has 1 aromatic heterocycles.